The largest absolute Gasteiger partial charge is 0.462 e. The number of amides is 1. The molecule has 0 aromatic heterocycles. The van der Waals surface area contributed by atoms with Crippen LogP contribution in [0, 0.1) is 16.0 Å². The van der Waals surface area contributed by atoms with Crippen LogP contribution in [0.25, 0.3) is 0 Å². The Kier molecular flexibility index (Phi) is 3.73. The highest BCUT2D eigenvalue weighted by molar-refractivity contribution is 6.17. The molecule has 2 rings (SSSR count). The zero-order valence-electron chi connectivity index (χ0n) is 11.2. The normalized spacial score (nSPS) is 21.9. The van der Waals surface area contributed by atoms with Crippen molar-refractivity contribution < 1.29 is 19.2 Å². The first-order chi connectivity index (χ1) is 9.45. The zero-order chi connectivity index (χ0) is 14.9. The summed E-state index contributed by atoms with van der Waals surface area (Å²) >= 11 is 0. The zero-order valence-corrected chi connectivity index (χ0v) is 11.2. The molecule has 0 fully saturated rings. The first-order valence-electron chi connectivity index (χ1n) is 6.29. The van der Waals surface area contributed by atoms with E-state index in [9.17, 15) is 19.7 Å². The van der Waals surface area contributed by atoms with Gasteiger partial charge in [-0.25, -0.2) is 4.79 Å². The van der Waals surface area contributed by atoms with Crippen LogP contribution in [-0.4, -0.2) is 34.9 Å². The van der Waals surface area contributed by atoms with Crippen molar-refractivity contribution in [3.8, 4) is 0 Å². The average molecular weight is 281 g/mol. The lowest BCUT2D eigenvalue weighted by molar-refractivity contribution is -0.432. The van der Waals surface area contributed by atoms with Crippen molar-refractivity contribution in [2.75, 3.05) is 13.2 Å². The second-order valence-electron chi connectivity index (χ2n) is 4.70. The Labute approximate surface area is 115 Å². The van der Waals surface area contributed by atoms with Gasteiger partial charge in [0.1, 0.15) is 5.57 Å². The predicted molar refractivity (Wildman–Crippen MR) is 67.4 cm³/mol. The fourth-order valence-corrected chi connectivity index (χ4v) is 2.26. The maximum absolute atomic E-state index is 12.2. The molecule has 8 nitrogen and oxygen atoms in total. The van der Waals surface area contributed by atoms with Crippen molar-refractivity contribution in [1.82, 2.24) is 10.2 Å². The molecule has 0 spiro atoms. The molecule has 1 N–H and O–H groups in total. The van der Waals surface area contributed by atoms with Crippen LogP contribution in [0.15, 0.2) is 23.3 Å². The standard InChI is InChI=1S/C12H15N3O5/c1-3-20-12(17)8-5-13-10-9(15(18)19)4-7(2)6-14(10)11(8)16/h5,7,13H,3-4,6H2,1-2H3. The van der Waals surface area contributed by atoms with E-state index in [4.69, 9.17) is 4.74 Å². The molecule has 1 amide bonds. The topological polar surface area (TPSA) is 102 Å². The molecule has 1 unspecified atom stereocenters. The Hall–Kier alpha value is -2.38. The van der Waals surface area contributed by atoms with Crippen LogP contribution in [0.3, 0.4) is 0 Å². The number of nitrogens with zero attached hydrogens (tertiary/aromatic N) is 2. The van der Waals surface area contributed by atoms with Crippen LogP contribution in [-0.2, 0) is 14.3 Å². The molecular weight excluding hydrogens is 266 g/mol. The van der Waals surface area contributed by atoms with Crippen molar-refractivity contribution in [1.29, 1.82) is 0 Å². The summed E-state index contributed by atoms with van der Waals surface area (Å²) in [7, 11) is 0. The van der Waals surface area contributed by atoms with Crippen molar-refractivity contribution in [2.45, 2.75) is 20.3 Å². The number of nitrogens with one attached hydrogen (secondary N) is 1. The number of nitro groups is 1. The van der Waals surface area contributed by atoms with E-state index in [-0.39, 0.29) is 36.0 Å². The Morgan fingerprint density at radius 3 is 2.95 bits per heavy atom. The van der Waals surface area contributed by atoms with Crippen LogP contribution in [0.2, 0.25) is 0 Å². The second kappa shape index (κ2) is 5.32. The van der Waals surface area contributed by atoms with Gasteiger partial charge >= 0.3 is 5.97 Å². The molecule has 0 aromatic carbocycles. The molecule has 2 aliphatic rings. The lowest BCUT2D eigenvalue weighted by Gasteiger charge is -2.34. The molecule has 8 heteroatoms. The summed E-state index contributed by atoms with van der Waals surface area (Å²) < 4.78 is 4.79. The molecule has 20 heavy (non-hydrogen) atoms. The third-order valence-corrected chi connectivity index (χ3v) is 3.12. The maximum atomic E-state index is 12.2. The van der Waals surface area contributed by atoms with Gasteiger partial charge in [0.25, 0.3) is 11.6 Å². The summed E-state index contributed by atoms with van der Waals surface area (Å²) in [6, 6.07) is 0. The van der Waals surface area contributed by atoms with Crippen molar-refractivity contribution in [3.05, 3.63) is 33.4 Å². The van der Waals surface area contributed by atoms with E-state index < -0.39 is 16.8 Å². The lowest BCUT2D eigenvalue weighted by atomic mass is 9.99. The Morgan fingerprint density at radius 2 is 2.35 bits per heavy atom. The molecular formula is C12H15N3O5. The Bertz CT molecular complexity index is 537. The first-order valence-corrected chi connectivity index (χ1v) is 6.29. The number of rotatable bonds is 3. The lowest BCUT2D eigenvalue weighted by Crippen LogP contribution is -2.48. The summed E-state index contributed by atoms with van der Waals surface area (Å²) in [6.07, 6.45) is 1.45. The molecule has 108 valence electrons. The molecule has 2 aliphatic heterocycles. The molecule has 0 saturated heterocycles. The molecule has 2 heterocycles. The minimum absolute atomic E-state index is 0.0451. The number of ether oxygens (including phenoxy) is 1. The third kappa shape index (κ3) is 2.36. The molecule has 0 aliphatic carbocycles. The number of fused-ring (bicyclic) bond motifs is 1. The molecule has 0 radical (unpaired) electrons. The highest BCUT2D eigenvalue weighted by Gasteiger charge is 2.40. The average Bonchev–Trinajstić information content (AvgIpc) is 2.39. The minimum atomic E-state index is -0.732. The fourth-order valence-electron chi connectivity index (χ4n) is 2.26. The van der Waals surface area contributed by atoms with Crippen molar-refractivity contribution in [3.63, 3.8) is 0 Å². The quantitative estimate of drug-likeness (QED) is 0.346. The monoisotopic (exact) mass is 281 g/mol. The third-order valence-electron chi connectivity index (χ3n) is 3.12. The Morgan fingerprint density at radius 1 is 1.65 bits per heavy atom. The van der Waals surface area contributed by atoms with E-state index in [0.29, 0.717) is 6.54 Å². The number of hydrogen-bond donors (Lipinski definition) is 1. The summed E-state index contributed by atoms with van der Waals surface area (Å²) in [5.74, 6) is -1.20. The van der Waals surface area contributed by atoms with Crippen molar-refractivity contribution in [2.24, 2.45) is 5.92 Å². The minimum Gasteiger partial charge on any atom is -0.462 e. The van der Waals surface area contributed by atoms with Gasteiger partial charge in [-0.05, 0) is 12.8 Å². The highest BCUT2D eigenvalue weighted by atomic mass is 16.6. The van der Waals surface area contributed by atoms with E-state index in [0.717, 1.165) is 0 Å². The number of esters is 1. The van der Waals surface area contributed by atoms with Gasteiger partial charge in [0.05, 0.1) is 11.5 Å². The summed E-state index contributed by atoms with van der Waals surface area (Å²) in [5, 5.41) is 13.7. The molecule has 0 bridgehead atoms. The number of carbonyl (C=O) groups is 2. The summed E-state index contributed by atoms with van der Waals surface area (Å²) in [4.78, 5) is 35.7. The van der Waals surface area contributed by atoms with E-state index in [2.05, 4.69) is 5.32 Å². The van der Waals surface area contributed by atoms with Gasteiger partial charge in [-0.15, -0.1) is 0 Å². The van der Waals surface area contributed by atoms with Gasteiger partial charge in [-0.2, -0.15) is 0 Å². The fraction of sp³-hybridized carbons (Fsp3) is 0.500. The molecule has 1 atom stereocenters. The Balaban J connectivity index is 2.38. The van der Waals surface area contributed by atoms with Crippen LogP contribution in [0.1, 0.15) is 20.3 Å². The van der Waals surface area contributed by atoms with Gasteiger partial charge in [-0.1, -0.05) is 6.92 Å². The van der Waals surface area contributed by atoms with Gasteiger partial charge in [0.15, 0.2) is 5.82 Å². The van der Waals surface area contributed by atoms with Gasteiger partial charge in [-0.3, -0.25) is 19.8 Å². The van der Waals surface area contributed by atoms with E-state index in [1.54, 1.807) is 6.92 Å². The molecule has 0 aromatic rings. The van der Waals surface area contributed by atoms with Crippen LogP contribution in [0.5, 0.6) is 0 Å². The van der Waals surface area contributed by atoms with Crippen LogP contribution in [0.4, 0.5) is 0 Å². The van der Waals surface area contributed by atoms with E-state index in [1.807, 2.05) is 6.92 Å². The molecule has 0 saturated carbocycles. The van der Waals surface area contributed by atoms with Crippen LogP contribution >= 0.6 is 0 Å². The van der Waals surface area contributed by atoms with Gasteiger partial charge in [0, 0.05) is 19.2 Å². The van der Waals surface area contributed by atoms with Gasteiger partial charge < -0.3 is 10.1 Å². The van der Waals surface area contributed by atoms with Crippen molar-refractivity contribution >= 4 is 11.9 Å². The maximum Gasteiger partial charge on any atom is 0.345 e. The number of carbonyl (C=O) groups excluding carboxylic acids is 2. The first kappa shape index (κ1) is 14.0. The van der Waals surface area contributed by atoms with E-state index >= 15 is 0 Å². The number of hydrogen-bond acceptors (Lipinski definition) is 6. The highest BCUT2D eigenvalue weighted by Crippen LogP contribution is 2.28. The van der Waals surface area contributed by atoms with Crippen LogP contribution < -0.4 is 5.32 Å². The SMILES string of the molecule is CCOC(=O)C1=CNC2=C([N+](=O)[O-])CC(C)CN2C1=O. The van der Waals surface area contributed by atoms with E-state index in [1.165, 1.54) is 11.1 Å². The smallest absolute Gasteiger partial charge is 0.345 e. The summed E-state index contributed by atoms with van der Waals surface area (Å²) in [5.41, 5.74) is -0.191. The predicted octanol–water partition coefficient (Wildman–Crippen LogP) is 0.351. The summed E-state index contributed by atoms with van der Waals surface area (Å²) in [6.45, 7) is 3.94. The number of allylic oxidation sites excluding steroid dienone is 1. The second-order valence-corrected chi connectivity index (χ2v) is 4.70. The van der Waals surface area contributed by atoms with Gasteiger partial charge in [0.2, 0.25) is 0 Å².